The van der Waals surface area contributed by atoms with Gasteiger partial charge in [-0.25, -0.2) is 4.98 Å². The van der Waals surface area contributed by atoms with E-state index in [1.165, 1.54) is 0 Å². The number of anilines is 2. The third-order valence-corrected chi connectivity index (χ3v) is 4.65. The molecule has 0 unspecified atom stereocenters. The molecule has 0 saturated carbocycles. The Morgan fingerprint density at radius 2 is 1.85 bits per heavy atom. The molecule has 138 valence electrons. The molecule has 6 heteroatoms. The molecule has 27 heavy (non-hydrogen) atoms. The molecule has 1 aromatic heterocycles. The summed E-state index contributed by atoms with van der Waals surface area (Å²) in [6.07, 6.45) is 0. The molecule has 3 N–H and O–H groups in total. The number of carbonyl (C=O) groups excluding carboxylic acids is 1. The number of aromatic nitrogens is 2. The van der Waals surface area contributed by atoms with Crippen LogP contribution in [0.1, 0.15) is 37.0 Å². The largest absolute Gasteiger partial charge is 0.355 e. The van der Waals surface area contributed by atoms with Gasteiger partial charge in [-0.3, -0.25) is 9.36 Å². The molecule has 0 saturated heterocycles. The van der Waals surface area contributed by atoms with Gasteiger partial charge in [0.25, 0.3) is 5.91 Å². The summed E-state index contributed by atoms with van der Waals surface area (Å²) >= 11 is 0. The van der Waals surface area contributed by atoms with Crippen molar-refractivity contribution in [1.29, 1.82) is 0 Å². The summed E-state index contributed by atoms with van der Waals surface area (Å²) in [5, 5.41) is 9.11. The van der Waals surface area contributed by atoms with Crippen molar-refractivity contribution in [3.05, 3.63) is 60.2 Å². The van der Waals surface area contributed by atoms with Gasteiger partial charge >= 0.3 is 0 Å². The van der Waals surface area contributed by atoms with E-state index < -0.39 is 0 Å². The minimum Gasteiger partial charge on any atom is -0.355 e. The van der Waals surface area contributed by atoms with E-state index in [-0.39, 0.29) is 11.3 Å². The topological polar surface area (TPSA) is 71.0 Å². The first kappa shape index (κ1) is 17.1. The maximum atomic E-state index is 12.0. The zero-order valence-electron chi connectivity index (χ0n) is 16.0. The average molecular weight is 361 g/mol. The number of fused-ring (bicyclic) bond motifs is 2. The van der Waals surface area contributed by atoms with Crippen LogP contribution in [-0.2, 0) is 5.41 Å². The summed E-state index contributed by atoms with van der Waals surface area (Å²) in [5.74, 6) is 1.59. The van der Waals surface area contributed by atoms with Crippen molar-refractivity contribution in [2.45, 2.75) is 26.2 Å². The number of nitrogens with zero attached hydrogens (tertiary/aromatic N) is 2. The Bertz CT molecular complexity index is 1090. The zero-order chi connectivity index (χ0) is 19.3. The van der Waals surface area contributed by atoms with E-state index in [1.54, 1.807) is 7.05 Å². The quantitative estimate of drug-likeness (QED) is 0.645. The Hall–Kier alpha value is -3.28. The first-order chi connectivity index (χ1) is 12.8. The van der Waals surface area contributed by atoms with Crippen LogP contribution in [0.25, 0.3) is 16.7 Å². The molecule has 2 heterocycles. The fourth-order valence-electron chi connectivity index (χ4n) is 3.37. The van der Waals surface area contributed by atoms with E-state index >= 15 is 0 Å². The van der Waals surface area contributed by atoms with Gasteiger partial charge in [-0.15, -0.1) is 0 Å². The lowest BCUT2D eigenvalue weighted by Crippen LogP contribution is -2.18. The summed E-state index contributed by atoms with van der Waals surface area (Å²) in [7, 11) is 1.63. The van der Waals surface area contributed by atoms with Crippen molar-refractivity contribution in [3.63, 3.8) is 0 Å². The van der Waals surface area contributed by atoms with Crippen molar-refractivity contribution in [1.82, 2.24) is 14.9 Å². The van der Waals surface area contributed by atoms with Crippen LogP contribution in [0.3, 0.4) is 0 Å². The van der Waals surface area contributed by atoms with Gasteiger partial charge in [0.1, 0.15) is 11.6 Å². The molecule has 2 aromatic carbocycles. The number of imidazole rings is 1. The molecule has 0 aliphatic carbocycles. The van der Waals surface area contributed by atoms with Crippen molar-refractivity contribution in [2.24, 2.45) is 0 Å². The lowest BCUT2D eigenvalue weighted by molar-refractivity contribution is 0.0963. The molecule has 0 radical (unpaired) electrons. The fraction of sp³-hybridized carbons (Fsp3) is 0.238. The molecule has 0 atom stereocenters. The molecule has 4 rings (SSSR count). The zero-order valence-corrected chi connectivity index (χ0v) is 16.0. The number of carbonyl (C=O) groups is 1. The van der Waals surface area contributed by atoms with E-state index in [1.807, 2.05) is 24.3 Å². The van der Waals surface area contributed by atoms with Crippen LogP contribution in [0, 0.1) is 0 Å². The van der Waals surface area contributed by atoms with Crippen LogP contribution in [0.4, 0.5) is 11.4 Å². The van der Waals surface area contributed by atoms with Gasteiger partial charge in [0.2, 0.25) is 0 Å². The molecule has 1 aliphatic heterocycles. The van der Waals surface area contributed by atoms with Crippen LogP contribution < -0.4 is 16.0 Å². The first-order valence-electron chi connectivity index (χ1n) is 8.90. The maximum Gasteiger partial charge on any atom is 0.251 e. The van der Waals surface area contributed by atoms with E-state index in [0.717, 1.165) is 39.7 Å². The molecule has 3 aromatic rings. The minimum atomic E-state index is -0.166. The van der Waals surface area contributed by atoms with E-state index in [9.17, 15) is 4.79 Å². The minimum absolute atomic E-state index is 0.116. The molecule has 6 nitrogen and oxygen atoms in total. The second-order valence-electron chi connectivity index (χ2n) is 7.76. The molecule has 1 aliphatic rings. The Labute approximate surface area is 158 Å². The number of hydrogen-bond donors (Lipinski definition) is 3. The predicted molar refractivity (Wildman–Crippen MR) is 110 cm³/mol. The summed E-state index contributed by atoms with van der Waals surface area (Å²) in [5.41, 5.74) is 5.22. The molecule has 0 bridgehead atoms. The van der Waals surface area contributed by atoms with Crippen LogP contribution in [0.15, 0.2) is 48.8 Å². The summed E-state index contributed by atoms with van der Waals surface area (Å²) in [6.45, 7) is 10.3. The maximum absolute atomic E-state index is 12.0. The van der Waals surface area contributed by atoms with Crippen molar-refractivity contribution in [3.8, 4) is 5.69 Å². The number of nitrogens with one attached hydrogen (secondary N) is 3. The van der Waals surface area contributed by atoms with Gasteiger partial charge in [-0.05, 0) is 36.4 Å². The summed E-state index contributed by atoms with van der Waals surface area (Å²) in [6, 6.07) is 11.8. The normalized spacial score (nSPS) is 13.3. The average Bonchev–Trinajstić information content (AvgIpc) is 3.18. The Kier molecular flexibility index (Phi) is 3.73. The number of amides is 1. The van der Waals surface area contributed by atoms with E-state index in [0.29, 0.717) is 5.56 Å². The second-order valence-corrected chi connectivity index (χ2v) is 7.76. The summed E-state index contributed by atoms with van der Waals surface area (Å²) < 4.78 is 2.16. The standard InChI is InChI=1S/C21H23N5O/c1-12-23-15-8-7-14(11-16(15)24-12)26-18-9-6-13(19(27)22-5)10-17(18)25-20(26)21(2,3)4/h6-11,23-24H,1H2,2-5H3,(H,22,27). The Morgan fingerprint density at radius 1 is 1.11 bits per heavy atom. The van der Waals surface area contributed by atoms with E-state index in [4.69, 9.17) is 4.98 Å². The van der Waals surface area contributed by atoms with Gasteiger partial charge in [-0.2, -0.15) is 0 Å². The van der Waals surface area contributed by atoms with Gasteiger partial charge in [0, 0.05) is 23.7 Å². The van der Waals surface area contributed by atoms with Gasteiger partial charge in [0.15, 0.2) is 0 Å². The number of rotatable bonds is 2. The highest BCUT2D eigenvalue weighted by atomic mass is 16.1. The first-order valence-corrected chi connectivity index (χ1v) is 8.90. The predicted octanol–water partition coefficient (Wildman–Crippen LogP) is 3.99. The highest BCUT2D eigenvalue weighted by Gasteiger charge is 2.25. The van der Waals surface area contributed by atoms with Crippen LogP contribution >= 0.6 is 0 Å². The lowest BCUT2D eigenvalue weighted by Gasteiger charge is -2.20. The molecular weight excluding hydrogens is 338 g/mol. The van der Waals surface area contributed by atoms with Gasteiger partial charge < -0.3 is 16.0 Å². The lowest BCUT2D eigenvalue weighted by atomic mass is 9.95. The van der Waals surface area contributed by atoms with Crippen molar-refractivity contribution in [2.75, 3.05) is 17.7 Å². The number of benzene rings is 2. The van der Waals surface area contributed by atoms with Gasteiger partial charge in [-0.1, -0.05) is 27.4 Å². The molecule has 0 spiro atoms. The second kappa shape index (κ2) is 5.87. The SMILES string of the molecule is C=C1Nc2ccc(-n3c(C(C)(C)C)nc4cc(C(=O)NC)ccc43)cc2N1. The Balaban J connectivity index is 1.95. The van der Waals surface area contributed by atoms with Crippen LogP contribution in [0.5, 0.6) is 0 Å². The molecule has 0 fully saturated rings. The molecular formula is C21H23N5O. The van der Waals surface area contributed by atoms with Crippen molar-refractivity contribution < 1.29 is 4.79 Å². The summed E-state index contributed by atoms with van der Waals surface area (Å²) in [4.78, 5) is 16.9. The Morgan fingerprint density at radius 3 is 2.56 bits per heavy atom. The molecule has 1 amide bonds. The number of hydrogen-bond acceptors (Lipinski definition) is 4. The third kappa shape index (κ3) is 2.83. The smallest absolute Gasteiger partial charge is 0.251 e. The van der Waals surface area contributed by atoms with E-state index in [2.05, 4.69) is 60.0 Å². The van der Waals surface area contributed by atoms with Crippen LogP contribution in [0.2, 0.25) is 0 Å². The monoisotopic (exact) mass is 361 g/mol. The third-order valence-electron chi connectivity index (χ3n) is 4.65. The highest BCUT2D eigenvalue weighted by Crippen LogP contribution is 2.35. The fourth-order valence-corrected chi connectivity index (χ4v) is 3.37. The van der Waals surface area contributed by atoms with Gasteiger partial charge in [0.05, 0.1) is 22.4 Å². The van der Waals surface area contributed by atoms with Crippen LogP contribution in [-0.4, -0.2) is 22.5 Å². The van der Waals surface area contributed by atoms with Crippen molar-refractivity contribution >= 4 is 28.3 Å². The highest BCUT2D eigenvalue weighted by molar-refractivity contribution is 5.97.